The minimum absolute atomic E-state index is 0.210. The predicted octanol–water partition coefficient (Wildman–Crippen LogP) is 2.44. The van der Waals surface area contributed by atoms with Gasteiger partial charge in [-0.2, -0.15) is 0 Å². The fourth-order valence-corrected chi connectivity index (χ4v) is 2.65. The SMILES string of the molecule is OCC(COc1ccc(Br)cc1)C1CCNCC1. The van der Waals surface area contributed by atoms with Crippen LogP contribution >= 0.6 is 15.9 Å². The number of aliphatic hydroxyl groups excluding tert-OH is 1. The number of piperidine rings is 1. The Kier molecular flexibility index (Phi) is 5.47. The van der Waals surface area contributed by atoms with Crippen LogP contribution in [0.4, 0.5) is 0 Å². The fraction of sp³-hybridized carbons (Fsp3) is 0.571. The number of rotatable bonds is 5. The molecule has 0 amide bonds. The van der Waals surface area contributed by atoms with Crippen LogP contribution in [0.25, 0.3) is 0 Å². The van der Waals surface area contributed by atoms with Crippen LogP contribution in [0, 0.1) is 11.8 Å². The number of nitrogens with one attached hydrogen (secondary N) is 1. The van der Waals surface area contributed by atoms with Crippen LogP contribution in [0.1, 0.15) is 12.8 Å². The summed E-state index contributed by atoms with van der Waals surface area (Å²) in [6.45, 7) is 2.92. The molecule has 1 aliphatic heterocycles. The van der Waals surface area contributed by atoms with Crippen LogP contribution in [-0.2, 0) is 0 Å². The molecular weight excluding hydrogens is 294 g/mol. The predicted molar refractivity (Wildman–Crippen MR) is 75.8 cm³/mol. The maximum atomic E-state index is 9.49. The summed E-state index contributed by atoms with van der Waals surface area (Å²) in [5, 5.41) is 12.8. The van der Waals surface area contributed by atoms with E-state index in [4.69, 9.17) is 4.74 Å². The Bertz CT molecular complexity index is 349. The second-order valence-corrected chi connectivity index (χ2v) is 5.71. The lowest BCUT2D eigenvalue weighted by atomic mass is 9.86. The second-order valence-electron chi connectivity index (χ2n) is 4.80. The van der Waals surface area contributed by atoms with Crippen LogP contribution in [0.2, 0.25) is 0 Å². The molecule has 2 N–H and O–H groups in total. The second kappa shape index (κ2) is 7.12. The molecule has 1 aromatic carbocycles. The molecule has 0 aliphatic carbocycles. The average molecular weight is 314 g/mol. The van der Waals surface area contributed by atoms with E-state index in [1.54, 1.807) is 0 Å². The molecule has 0 bridgehead atoms. The van der Waals surface area contributed by atoms with Gasteiger partial charge in [0, 0.05) is 17.0 Å². The number of ether oxygens (including phenoxy) is 1. The van der Waals surface area contributed by atoms with Gasteiger partial charge in [-0.3, -0.25) is 0 Å². The largest absolute Gasteiger partial charge is 0.493 e. The van der Waals surface area contributed by atoms with Crippen LogP contribution in [0.3, 0.4) is 0 Å². The standard InChI is InChI=1S/C14H20BrNO2/c15-13-1-3-14(4-2-13)18-10-12(9-17)11-5-7-16-8-6-11/h1-4,11-12,16-17H,5-10H2. The van der Waals surface area contributed by atoms with Crippen LogP contribution < -0.4 is 10.1 Å². The lowest BCUT2D eigenvalue weighted by Crippen LogP contribution is -2.35. The molecule has 1 aromatic rings. The van der Waals surface area contributed by atoms with Crippen LogP contribution in [0.5, 0.6) is 5.75 Å². The van der Waals surface area contributed by atoms with Gasteiger partial charge in [0.05, 0.1) is 6.61 Å². The maximum absolute atomic E-state index is 9.49. The third kappa shape index (κ3) is 3.97. The van der Waals surface area contributed by atoms with Crippen molar-refractivity contribution in [2.45, 2.75) is 12.8 Å². The molecule has 1 aliphatic rings. The molecule has 100 valence electrons. The van der Waals surface area contributed by atoms with E-state index in [0.717, 1.165) is 36.2 Å². The summed E-state index contributed by atoms with van der Waals surface area (Å²) >= 11 is 3.40. The summed E-state index contributed by atoms with van der Waals surface area (Å²) in [7, 11) is 0. The number of hydrogen-bond donors (Lipinski definition) is 2. The lowest BCUT2D eigenvalue weighted by Gasteiger charge is -2.29. The summed E-state index contributed by atoms with van der Waals surface area (Å²) in [5.41, 5.74) is 0. The van der Waals surface area contributed by atoms with Crippen molar-refractivity contribution in [3.8, 4) is 5.75 Å². The van der Waals surface area contributed by atoms with E-state index in [-0.39, 0.29) is 12.5 Å². The third-order valence-corrected chi connectivity index (χ3v) is 4.09. The van der Waals surface area contributed by atoms with Crippen LogP contribution in [-0.4, -0.2) is 31.4 Å². The fourth-order valence-electron chi connectivity index (χ4n) is 2.39. The van der Waals surface area contributed by atoms with Crippen molar-refractivity contribution in [1.29, 1.82) is 0 Å². The van der Waals surface area contributed by atoms with Gasteiger partial charge >= 0.3 is 0 Å². The minimum atomic E-state index is 0.210. The Morgan fingerprint density at radius 3 is 2.56 bits per heavy atom. The highest BCUT2D eigenvalue weighted by atomic mass is 79.9. The quantitative estimate of drug-likeness (QED) is 0.877. The Morgan fingerprint density at radius 1 is 1.28 bits per heavy atom. The Morgan fingerprint density at radius 2 is 1.94 bits per heavy atom. The molecule has 1 unspecified atom stereocenters. The van der Waals surface area contributed by atoms with Crippen molar-refractivity contribution in [1.82, 2.24) is 5.32 Å². The summed E-state index contributed by atoms with van der Waals surface area (Å²) in [6, 6.07) is 7.82. The normalized spacial score (nSPS) is 18.6. The van der Waals surface area contributed by atoms with E-state index in [1.807, 2.05) is 24.3 Å². The molecule has 1 atom stereocenters. The Balaban J connectivity index is 1.84. The summed E-state index contributed by atoms with van der Waals surface area (Å²) in [6.07, 6.45) is 2.27. The molecule has 0 radical (unpaired) electrons. The number of aliphatic hydroxyl groups is 1. The number of hydrogen-bond acceptors (Lipinski definition) is 3. The summed E-state index contributed by atoms with van der Waals surface area (Å²) in [4.78, 5) is 0. The molecule has 1 heterocycles. The van der Waals surface area contributed by atoms with Gasteiger partial charge in [0.25, 0.3) is 0 Å². The zero-order chi connectivity index (χ0) is 12.8. The first-order valence-electron chi connectivity index (χ1n) is 6.49. The molecule has 4 heteroatoms. The maximum Gasteiger partial charge on any atom is 0.119 e. The lowest BCUT2D eigenvalue weighted by molar-refractivity contribution is 0.102. The molecule has 0 spiro atoms. The van der Waals surface area contributed by atoms with E-state index in [0.29, 0.717) is 12.5 Å². The topological polar surface area (TPSA) is 41.5 Å². The molecule has 0 aromatic heterocycles. The highest BCUT2D eigenvalue weighted by Crippen LogP contribution is 2.23. The van der Waals surface area contributed by atoms with E-state index in [9.17, 15) is 5.11 Å². The van der Waals surface area contributed by atoms with E-state index < -0.39 is 0 Å². The van der Waals surface area contributed by atoms with Crippen molar-refractivity contribution in [2.24, 2.45) is 11.8 Å². The molecule has 3 nitrogen and oxygen atoms in total. The molecule has 1 fully saturated rings. The number of halogens is 1. The van der Waals surface area contributed by atoms with Gasteiger partial charge < -0.3 is 15.2 Å². The van der Waals surface area contributed by atoms with Gasteiger partial charge in [0.1, 0.15) is 5.75 Å². The Hall–Kier alpha value is -0.580. The first kappa shape index (κ1) is 13.8. The van der Waals surface area contributed by atoms with Gasteiger partial charge in [0.2, 0.25) is 0 Å². The molecule has 0 saturated carbocycles. The first-order chi connectivity index (χ1) is 8.79. The van der Waals surface area contributed by atoms with Crippen molar-refractivity contribution in [2.75, 3.05) is 26.3 Å². The Labute approximate surface area is 117 Å². The van der Waals surface area contributed by atoms with Gasteiger partial charge in [-0.25, -0.2) is 0 Å². The van der Waals surface area contributed by atoms with Gasteiger partial charge in [0.15, 0.2) is 0 Å². The molecule has 2 rings (SSSR count). The van der Waals surface area contributed by atoms with Gasteiger partial charge in [-0.15, -0.1) is 0 Å². The van der Waals surface area contributed by atoms with Gasteiger partial charge in [-0.1, -0.05) is 15.9 Å². The van der Waals surface area contributed by atoms with E-state index >= 15 is 0 Å². The molecular formula is C14H20BrNO2. The summed E-state index contributed by atoms with van der Waals surface area (Å²) < 4.78 is 6.81. The van der Waals surface area contributed by atoms with E-state index in [1.165, 1.54) is 0 Å². The van der Waals surface area contributed by atoms with E-state index in [2.05, 4.69) is 21.2 Å². The minimum Gasteiger partial charge on any atom is -0.493 e. The first-order valence-corrected chi connectivity index (χ1v) is 7.29. The zero-order valence-corrected chi connectivity index (χ0v) is 12.0. The third-order valence-electron chi connectivity index (χ3n) is 3.56. The highest BCUT2D eigenvalue weighted by molar-refractivity contribution is 9.10. The molecule has 1 saturated heterocycles. The van der Waals surface area contributed by atoms with Crippen molar-refractivity contribution in [3.63, 3.8) is 0 Å². The van der Waals surface area contributed by atoms with Crippen molar-refractivity contribution >= 4 is 15.9 Å². The number of benzene rings is 1. The van der Waals surface area contributed by atoms with Gasteiger partial charge in [-0.05, 0) is 56.1 Å². The average Bonchev–Trinajstić information content (AvgIpc) is 2.43. The van der Waals surface area contributed by atoms with Crippen LogP contribution in [0.15, 0.2) is 28.7 Å². The highest BCUT2D eigenvalue weighted by Gasteiger charge is 2.23. The van der Waals surface area contributed by atoms with Crippen molar-refractivity contribution in [3.05, 3.63) is 28.7 Å². The summed E-state index contributed by atoms with van der Waals surface area (Å²) in [5.74, 6) is 1.69. The monoisotopic (exact) mass is 313 g/mol. The zero-order valence-electron chi connectivity index (χ0n) is 10.4. The van der Waals surface area contributed by atoms with Crippen molar-refractivity contribution < 1.29 is 9.84 Å². The smallest absolute Gasteiger partial charge is 0.119 e. The molecule has 18 heavy (non-hydrogen) atoms.